The second kappa shape index (κ2) is 7.40. The molecule has 0 saturated heterocycles. The van der Waals surface area contributed by atoms with Crippen molar-refractivity contribution in [2.75, 3.05) is 26.8 Å². The molecule has 1 saturated carbocycles. The van der Waals surface area contributed by atoms with Crippen molar-refractivity contribution in [2.24, 2.45) is 5.92 Å². The van der Waals surface area contributed by atoms with Crippen LogP contribution in [-0.4, -0.2) is 43.2 Å². The summed E-state index contributed by atoms with van der Waals surface area (Å²) in [6.07, 6.45) is 9.61. The van der Waals surface area contributed by atoms with Crippen LogP contribution in [0.15, 0.2) is 42.1 Å². The number of ether oxygens (including phenoxy) is 1. The Morgan fingerprint density at radius 1 is 1.35 bits per heavy atom. The topological polar surface area (TPSA) is 41.6 Å². The molecule has 3 aliphatic carbocycles. The Bertz CT molecular complexity index is 729. The first-order valence-corrected chi connectivity index (χ1v) is 9.71. The van der Waals surface area contributed by atoms with Gasteiger partial charge in [-0.05, 0) is 61.3 Å². The van der Waals surface area contributed by atoms with E-state index in [9.17, 15) is 4.79 Å². The van der Waals surface area contributed by atoms with Crippen LogP contribution in [0.4, 0.5) is 0 Å². The van der Waals surface area contributed by atoms with Gasteiger partial charge in [-0.1, -0.05) is 24.3 Å². The second-order valence-corrected chi connectivity index (χ2v) is 7.93. The van der Waals surface area contributed by atoms with Crippen LogP contribution in [0.5, 0.6) is 0 Å². The smallest absolute Gasteiger partial charge is 0.237 e. The predicted octanol–water partition coefficient (Wildman–Crippen LogP) is 3.00. The molecule has 1 atom stereocenters. The summed E-state index contributed by atoms with van der Waals surface area (Å²) in [5.74, 6) is 0.933. The highest BCUT2D eigenvalue weighted by atomic mass is 16.5. The number of fused-ring (bicyclic) bond motifs is 3. The summed E-state index contributed by atoms with van der Waals surface area (Å²) in [5, 5.41) is 3.60. The lowest BCUT2D eigenvalue weighted by atomic mass is 9.64. The molecule has 2 bridgehead atoms. The quantitative estimate of drug-likeness (QED) is 0.829. The highest BCUT2D eigenvalue weighted by Crippen LogP contribution is 2.43. The van der Waals surface area contributed by atoms with E-state index in [4.69, 9.17) is 4.74 Å². The fourth-order valence-electron chi connectivity index (χ4n) is 4.82. The Balaban J connectivity index is 1.43. The fraction of sp³-hybridized carbons (Fsp3) is 0.545. The van der Waals surface area contributed by atoms with Gasteiger partial charge >= 0.3 is 0 Å². The molecule has 4 aliphatic rings. The molecule has 1 N–H and O–H groups in total. The number of methoxy groups -OCH3 is 1. The van der Waals surface area contributed by atoms with Gasteiger partial charge in [-0.15, -0.1) is 5.73 Å². The lowest BCUT2D eigenvalue weighted by Gasteiger charge is -2.49. The molecule has 1 aromatic carbocycles. The first-order valence-electron chi connectivity index (χ1n) is 9.71. The van der Waals surface area contributed by atoms with Crippen LogP contribution in [0.1, 0.15) is 42.9 Å². The van der Waals surface area contributed by atoms with E-state index < -0.39 is 0 Å². The maximum Gasteiger partial charge on any atom is 0.237 e. The minimum atomic E-state index is 0.0195. The normalized spacial score (nSPS) is 29.5. The van der Waals surface area contributed by atoms with Gasteiger partial charge in [0.2, 0.25) is 5.91 Å². The average Bonchev–Trinajstić information content (AvgIpc) is 2.60. The van der Waals surface area contributed by atoms with Gasteiger partial charge in [0, 0.05) is 19.2 Å². The van der Waals surface area contributed by atoms with Crippen molar-refractivity contribution in [3.63, 3.8) is 0 Å². The molecule has 4 nitrogen and oxygen atoms in total. The minimum absolute atomic E-state index is 0.0195. The molecule has 1 aliphatic heterocycles. The van der Waals surface area contributed by atoms with E-state index in [1.165, 1.54) is 24.0 Å². The summed E-state index contributed by atoms with van der Waals surface area (Å²) in [6, 6.07) is 8.44. The molecule has 5 rings (SSSR count). The molecule has 4 heteroatoms. The van der Waals surface area contributed by atoms with Gasteiger partial charge in [0.15, 0.2) is 0 Å². The van der Waals surface area contributed by atoms with Crippen molar-refractivity contribution in [2.45, 2.75) is 43.7 Å². The van der Waals surface area contributed by atoms with Crippen molar-refractivity contribution < 1.29 is 9.53 Å². The summed E-state index contributed by atoms with van der Waals surface area (Å²) in [7, 11) is 1.71. The van der Waals surface area contributed by atoms with Gasteiger partial charge in [-0.3, -0.25) is 4.79 Å². The van der Waals surface area contributed by atoms with Crippen molar-refractivity contribution in [1.29, 1.82) is 0 Å². The third kappa shape index (κ3) is 3.37. The van der Waals surface area contributed by atoms with Gasteiger partial charge in [0.05, 0.1) is 19.2 Å². The number of carbonyl (C=O) groups excluding carboxylic acids is 1. The van der Waals surface area contributed by atoms with Crippen molar-refractivity contribution in [3.8, 4) is 0 Å². The SMILES string of the molecule is COCC1c2ccccc2CCN1C(=O)CNC12CC=C=CCC(C1)C2. The Morgan fingerprint density at radius 3 is 3.04 bits per heavy atom. The van der Waals surface area contributed by atoms with Crippen LogP contribution in [0, 0.1) is 5.92 Å². The number of amides is 1. The zero-order valence-corrected chi connectivity index (χ0v) is 15.5. The zero-order chi connectivity index (χ0) is 18.0. The lowest BCUT2D eigenvalue weighted by Crippen LogP contribution is -2.58. The van der Waals surface area contributed by atoms with E-state index in [0.29, 0.717) is 13.2 Å². The average molecular weight is 352 g/mol. The standard InChI is InChI=1S/C22H28N2O2/c1-26-16-20-19-9-5-4-8-18(19)10-12-24(20)21(25)15-23-22-11-6-2-3-7-17(13-22)14-22/h3-6,8-9,17,20,23H,7,10-16H2,1H3. The molecule has 1 unspecified atom stereocenters. The number of hydrogen-bond acceptors (Lipinski definition) is 3. The van der Waals surface area contributed by atoms with Crippen LogP contribution < -0.4 is 5.32 Å². The second-order valence-electron chi connectivity index (χ2n) is 7.93. The number of hydrogen-bond donors (Lipinski definition) is 1. The number of nitrogens with zero attached hydrogens (tertiary/aromatic N) is 1. The third-order valence-corrected chi connectivity index (χ3v) is 6.21. The maximum atomic E-state index is 13.0. The van der Waals surface area contributed by atoms with Crippen LogP contribution in [0.3, 0.4) is 0 Å². The summed E-state index contributed by atoms with van der Waals surface area (Å²) in [4.78, 5) is 15.0. The molecule has 1 aromatic rings. The zero-order valence-electron chi connectivity index (χ0n) is 15.5. The molecule has 0 radical (unpaired) electrons. The van der Waals surface area contributed by atoms with Crippen LogP contribution in [0.25, 0.3) is 0 Å². The first kappa shape index (κ1) is 17.5. The Kier molecular flexibility index (Phi) is 4.99. The van der Waals surface area contributed by atoms with Crippen molar-refractivity contribution in [1.82, 2.24) is 10.2 Å². The molecule has 1 heterocycles. The van der Waals surface area contributed by atoms with E-state index in [0.717, 1.165) is 31.7 Å². The minimum Gasteiger partial charge on any atom is -0.382 e. The van der Waals surface area contributed by atoms with Gasteiger partial charge in [-0.25, -0.2) is 0 Å². The van der Waals surface area contributed by atoms with Gasteiger partial charge in [-0.2, -0.15) is 0 Å². The summed E-state index contributed by atoms with van der Waals surface area (Å²) >= 11 is 0. The summed E-state index contributed by atoms with van der Waals surface area (Å²) in [6.45, 7) is 1.72. The summed E-state index contributed by atoms with van der Waals surface area (Å²) in [5.41, 5.74) is 5.93. The van der Waals surface area contributed by atoms with Crippen LogP contribution in [0.2, 0.25) is 0 Å². The number of rotatable bonds is 5. The fourth-order valence-corrected chi connectivity index (χ4v) is 4.82. The third-order valence-electron chi connectivity index (χ3n) is 6.21. The molecule has 138 valence electrons. The van der Waals surface area contributed by atoms with E-state index in [-0.39, 0.29) is 17.5 Å². The Hall–Kier alpha value is -1.87. The monoisotopic (exact) mass is 352 g/mol. The van der Waals surface area contributed by atoms with E-state index in [1.54, 1.807) is 7.11 Å². The molecule has 26 heavy (non-hydrogen) atoms. The highest BCUT2D eigenvalue weighted by Gasteiger charge is 2.43. The number of benzene rings is 1. The maximum absolute atomic E-state index is 13.0. The molecule has 1 fully saturated rings. The molecule has 0 aromatic heterocycles. The van der Waals surface area contributed by atoms with Crippen LogP contribution >= 0.6 is 0 Å². The van der Waals surface area contributed by atoms with Crippen molar-refractivity contribution in [3.05, 3.63) is 53.3 Å². The summed E-state index contributed by atoms with van der Waals surface area (Å²) < 4.78 is 5.44. The highest BCUT2D eigenvalue weighted by molar-refractivity contribution is 5.79. The largest absolute Gasteiger partial charge is 0.382 e. The lowest BCUT2D eigenvalue weighted by molar-refractivity contribution is -0.135. The molecule has 1 amide bonds. The first-order chi connectivity index (χ1) is 12.7. The van der Waals surface area contributed by atoms with Crippen LogP contribution in [-0.2, 0) is 16.0 Å². The molecular formula is C22H28N2O2. The molecule has 0 spiro atoms. The predicted molar refractivity (Wildman–Crippen MR) is 102 cm³/mol. The number of nitrogens with one attached hydrogen (secondary N) is 1. The Labute approximate surface area is 155 Å². The van der Waals surface area contributed by atoms with E-state index in [1.807, 2.05) is 4.90 Å². The van der Waals surface area contributed by atoms with E-state index >= 15 is 0 Å². The van der Waals surface area contributed by atoms with Gasteiger partial charge < -0.3 is 15.0 Å². The van der Waals surface area contributed by atoms with Gasteiger partial charge in [0.1, 0.15) is 0 Å². The van der Waals surface area contributed by atoms with E-state index in [2.05, 4.69) is 47.5 Å². The van der Waals surface area contributed by atoms with Gasteiger partial charge in [0.25, 0.3) is 0 Å². The molecular weight excluding hydrogens is 324 g/mol. The van der Waals surface area contributed by atoms with Crippen molar-refractivity contribution >= 4 is 5.91 Å². The number of carbonyl (C=O) groups is 1. The Morgan fingerprint density at radius 2 is 2.19 bits per heavy atom.